The van der Waals surface area contributed by atoms with Crippen molar-refractivity contribution in [2.45, 2.75) is 44.7 Å². The molecule has 0 bridgehead atoms. The van der Waals surface area contributed by atoms with Gasteiger partial charge in [-0.05, 0) is 25.0 Å². The zero-order valence-electron chi connectivity index (χ0n) is 16.6. The quantitative estimate of drug-likeness (QED) is 0.459. The largest absolute Gasteiger partial charge is 0.269 e. The SMILES string of the molecule is c1cnc2c(Cn3ncc4ncc(-c5cnn(C6CCCCC6)c5)cc43)cnn2c1. The Morgan fingerprint density at radius 3 is 2.77 bits per heavy atom. The first-order valence-electron chi connectivity index (χ1n) is 10.5. The van der Waals surface area contributed by atoms with Crippen molar-refractivity contribution < 1.29 is 0 Å². The van der Waals surface area contributed by atoms with Gasteiger partial charge in [-0.15, -0.1) is 0 Å². The molecule has 0 radical (unpaired) electrons. The van der Waals surface area contributed by atoms with E-state index in [1.807, 2.05) is 41.7 Å². The predicted octanol–water partition coefficient (Wildman–Crippen LogP) is 3.89. The van der Waals surface area contributed by atoms with Crippen LogP contribution in [0.3, 0.4) is 0 Å². The standard InChI is InChI=1S/C22H22N8/c1-2-5-19(6-3-1)29-14-17(11-26-29)16-9-21-20(24-10-16)13-27-30(21)15-18-12-25-28-8-4-7-23-22(18)28/h4,7-14,19H,1-3,5-6,15H2. The van der Waals surface area contributed by atoms with Crippen molar-refractivity contribution in [3.8, 4) is 11.1 Å². The van der Waals surface area contributed by atoms with Gasteiger partial charge in [0.1, 0.15) is 5.52 Å². The third kappa shape index (κ3) is 2.96. The Labute approximate surface area is 173 Å². The molecule has 0 atom stereocenters. The number of hydrogen-bond donors (Lipinski definition) is 0. The lowest BCUT2D eigenvalue weighted by atomic mass is 9.96. The van der Waals surface area contributed by atoms with Crippen molar-refractivity contribution >= 4 is 16.7 Å². The van der Waals surface area contributed by atoms with Crippen molar-refractivity contribution in [2.24, 2.45) is 0 Å². The van der Waals surface area contributed by atoms with Crippen molar-refractivity contribution in [1.82, 2.24) is 39.1 Å². The van der Waals surface area contributed by atoms with Crippen LogP contribution in [0.2, 0.25) is 0 Å². The number of nitrogens with zero attached hydrogens (tertiary/aromatic N) is 8. The maximum atomic E-state index is 4.65. The summed E-state index contributed by atoms with van der Waals surface area (Å²) >= 11 is 0. The molecule has 6 rings (SSSR count). The first-order valence-corrected chi connectivity index (χ1v) is 10.5. The van der Waals surface area contributed by atoms with Crippen LogP contribution in [0.25, 0.3) is 27.8 Å². The first-order chi connectivity index (χ1) is 14.8. The molecule has 150 valence electrons. The van der Waals surface area contributed by atoms with Crippen molar-refractivity contribution in [3.05, 3.63) is 61.1 Å². The van der Waals surface area contributed by atoms with Gasteiger partial charge in [0.15, 0.2) is 5.65 Å². The maximum absolute atomic E-state index is 4.65. The highest BCUT2D eigenvalue weighted by atomic mass is 15.3. The molecule has 0 unspecified atom stereocenters. The number of pyridine rings is 1. The van der Waals surface area contributed by atoms with Crippen molar-refractivity contribution in [1.29, 1.82) is 0 Å². The van der Waals surface area contributed by atoms with Gasteiger partial charge in [-0.25, -0.2) is 9.50 Å². The highest BCUT2D eigenvalue weighted by molar-refractivity contribution is 5.80. The fourth-order valence-electron chi connectivity index (χ4n) is 4.42. The molecule has 5 heterocycles. The summed E-state index contributed by atoms with van der Waals surface area (Å²) in [6, 6.07) is 4.55. The van der Waals surface area contributed by atoms with Gasteiger partial charge in [-0.2, -0.15) is 15.3 Å². The van der Waals surface area contributed by atoms with Crippen molar-refractivity contribution in [2.75, 3.05) is 0 Å². The second-order valence-corrected chi connectivity index (χ2v) is 7.99. The van der Waals surface area contributed by atoms with Crippen LogP contribution in [-0.2, 0) is 6.54 Å². The van der Waals surface area contributed by atoms with Gasteiger partial charge < -0.3 is 0 Å². The lowest BCUT2D eigenvalue weighted by Gasteiger charge is -2.21. The van der Waals surface area contributed by atoms with Gasteiger partial charge >= 0.3 is 0 Å². The van der Waals surface area contributed by atoms with Crippen LogP contribution in [0.5, 0.6) is 0 Å². The Balaban J connectivity index is 1.33. The Hall–Kier alpha value is -3.55. The monoisotopic (exact) mass is 398 g/mol. The minimum absolute atomic E-state index is 0.526. The summed E-state index contributed by atoms with van der Waals surface area (Å²) in [5.41, 5.74) is 5.90. The van der Waals surface area contributed by atoms with Crippen LogP contribution >= 0.6 is 0 Å². The van der Waals surface area contributed by atoms with Crippen LogP contribution in [0, 0.1) is 0 Å². The van der Waals surface area contributed by atoms with Crippen LogP contribution in [0.1, 0.15) is 43.7 Å². The molecule has 0 saturated heterocycles. The molecular formula is C22H22N8. The molecule has 5 aromatic rings. The van der Waals surface area contributed by atoms with E-state index in [-0.39, 0.29) is 0 Å². The topological polar surface area (TPSA) is 78.7 Å². The molecule has 0 aliphatic heterocycles. The van der Waals surface area contributed by atoms with Gasteiger partial charge in [0, 0.05) is 41.5 Å². The summed E-state index contributed by atoms with van der Waals surface area (Å²) in [5.74, 6) is 0. The van der Waals surface area contributed by atoms with Gasteiger partial charge in [0.2, 0.25) is 0 Å². The van der Waals surface area contributed by atoms with E-state index >= 15 is 0 Å². The van der Waals surface area contributed by atoms with E-state index in [0.717, 1.165) is 33.4 Å². The smallest absolute Gasteiger partial charge is 0.159 e. The molecule has 30 heavy (non-hydrogen) atoms. The number of aromatic nitrogens is 8. The van der Waals surface area contributed by atoms with Gasteiger partial charge in [-0.3, -0.25) is 14.3 Å². The van der Waals surface area contributed by atoms with Gasteiger partial charge in [0.05, 0.1) is 36.7 Å². The minimum atomic E-state index is 0.526. The zero-order valence-corrected chi connectivity index (χ0v) is 16.6. The van der Waals surface area contributed by atoms with E-state index in [4.69, 9.17) is 0 Å². The second kappa shape index (κ2) is 7.05. The molecule has 0 spiro atoms. The number of fused-ring (bicyclic) bond motifs is 2. The summed E-state index contributed by atoms with van der Waals surface area (Å²) in [6.07, 6.45) is 19.7. The van der Waals surface area contributed by atoms with E-state index in [9.17, 15) is 0 Å². The lowest BCUT2D eigenvalue weighted by Crippen LogP contribution is -2.12. The second-order valence-electron chi connectivity index (χ2n) is 7.99. The van der Waals surface area contributed by atoms with Crippen molar-refractivity contribution in [3.63, 3.8) is 0 Å². The average Bonchev–Trinajstić information content (AvgIpc) is 3.54. The van der Waals surface area contributed by atoms with E-state index in [2.05, 4.69) is 42.2 Å². The van der Waals surface area contributed by atoms with E-state index in [0.29, 0.717) is 12.6 Å². The third-order valence-corrected chi connectivity index (χ3v) is 6.05. The fraction of sp³-hybridized carbons (Fsp3) is 0.318. The third-order valence-electron chi connectivity index (χ3n) is 6.05. The van der Waals surface area contributed by atoms with Gasteiger partial charge in [0.25, 0.3) is 0 Å². The number of rotatable bonds is 4. The molecular weight excluding hydrogens is 376 g/mol. The lowest BCUT2D eigenvalue weighted by molar-refractivity contribution is 0.329. The number of hydrogen-bond acceptors (Lipinski definition) is 5. The summed E-state index contributed by atoms with van der Waals surface area (Å²) in [4.78, 5) is 9.08. The van der Waals surface area contributed by atoms with Crippen LogP contribution in [-0.4, -0.2) is 39.1 Å². The summed E-state index contributed by atoms with van der Waals surface area (Å²) in [5, 5.41) is 13.6. The fourth-order valence-corrected chi connectivity index (χ4v) is 4.42. The Kier molecular flexibility index (Phi) is 4.07. The molecule has 0 amide bonds. The Bertz CT molecular complexity index is 1320. The molecule has 8 heteroatoms. The Morgan fingerprint density at radius 2 is 1.83 bits per heavy atom. The molecule has 0 N–H and O–H groups in total. The minimum Gasteiger partial charge on any atom is -0.269 e. The van der Waals surface area contributed by atoms with Crippen LogP contribution in [0.4, 0.5) is 0 Å². The molecule has 5 aromatic heterocycles. The van der Waals surface area contributed by atoms with Crippen LogP contribution in [0.15, 0.2) is 55.5 Å². The normalized spacial score (nSPS) is 15.3. The molecule has 1 fully saturated rings. The molecule has 1 aliphatic carbocycles. The van der Waals surface area contributed by atoms with Crippen LogP contribution < -0.4 is 0 Å². The van der Waals surface area contributed by atoms with Gasteiger partial charge in [-0.1, -0.05) is 19.3 Å². The zero-order chi connectivity index (χ0) is 19.9. The highest BCUT2D eigenvalue weighted by Crippen LogP contribution is 2.30. The molecule has 1 aliphatic rings. The highest BCUT2D eigenvalue weighted by Gasteiger charge is 2.17. The molecule has 0 aromatic carbocycles. The Morgan fingerprint density at radius 1 is 0.900 bits per heavy atom. The van der Waals surface area contributed by atoms with E-state index < -0.39 is 0 Å². The predicted molar refractivity (Wildman–Crippen MR) is 113 cm³/mol. The van der Waals surface area contributed by atoms with E-state index in [1.54, 1.807) is 10.7 Å². The molecule has 8 nitrogen and oxygen atoms in total. The van der Waals surface area contributed by atoms with E-state index in [1.165, 1.54) is 32.1 Å². The first kappa shape index (κ1) is 17.3. The molecule has 1 saturated carbocycles. The maximum Gasteiger partial charge on any atom is 0.159 e. The average molecular weight is 398 g/mol. The summed E-state index contributed by atoms with van der Waals surface area (Å²) in [7, 11) is 0. The summed E-state index contributed by atoms with van der Waals surface area (Å²) < 4.78 is 5.88. The summed E-state index contributed by atoms with van der Waals surface area (Å²) in [6.45, 7) is 0.594.